The maximum absolute atomic E-state index is 12.1. The van der Waals surface area contributed by atoms with Crippen molar-refractivity contribution in [2.75, 3.05) is 0 Å². The summed E-state index contributed by atoms with van der Waals surface area (Å²) < 4.78 is 40.0. The molecule has 0 aliphatic rings. The normalized spacial score (nSPS) is 13.0. The second-order valence-corrected chi connectivity index (χ2v) is 4.99. The van der Waals surface area contributed by atoms with Crippen LogP contribution in [0.1, 0.15) is 17.2 Å². The summed E-state index contributed by atoms with van der Waals surface area (Å²) in [7, 11) is 0. The second-order valence-electron chi connectivity index (χ2n) is 4.55. The molecule has 2 rings (SSSR count). The van der Waals surface area contributed by atoms with Crippen LogP contribution in [0.25, 0.3) is 0 Å². The van der Waals surface area contributed by atoms with Gasteiger partial charge in [-0.3, -0.25) is 0 Å². The fraction of sp³-hybridized carbons (Fsp3) is 0.200. The molecule has 0 spiro atoms. The standard InChI is InChI=1S/C15H13ClF3NO/c16-12-5-1-10(2-6-12)9-14(20)11-3-7-13(8-4-11)21-15(17,18)19/h1-8,14H,9,20H2. The van der Waals surface area contributed by atoms with Gasteiger partial charge in [0, 0.05) is 11.1 Å². The lowest BCUT2D eigenvalue weighted by atomic mass is 10.00. The smallest absolute Gasteiger partial charge is 0.406 e. The Labute approximate surface area is 125 Å². The Morgan fingerprint density at radius 1 is 1.00 bits per heavy atom. The molecule has 0 saturated heterocycles. The summed E-state index contributed by atoms with van der Waals surface area (Å²) in [4.78, 5) is 0. The third-order valence-corrected chi connectivity index (χ3v) is 3.16. The van der Waals surface area contributed by atoms with E-state index in [4.69, 9.17) is 17.3 Å². The quantitative estimate of drug-likeness (QED) is 0.902. The summed E-state index contributed by atoms with van der Waals surface area (Å²) in [5.41, 5.74) is 7.78. The molecule has 0 amide bonds. The molecule has 0 bridgehead atoms. The predicted octanol–water partition coefficient (Wildman–Crippen LogP) is 4.48. The monoisotopic (exact) mass is 315 g/mol. The van der Waals surface area contributed by atoms with Crippen LogP contribution in [0.3, 0.4) is 0 Å². The topological polar surface area (TPSA) is 35.2 Å². The minimum atomic E-state index is -4.69. The molecular weight excluding hydrogens is 303 g/mol. The van der Waals surface area contributed by atoms with Crippen molar-refractivity contribution in [3.8, 4) is 5.75 Å². The van der Waals surface area contributed by atoms with Gasteiger partial charge >= 0.3 is 6.36 Å². The average Bonchev–Trinajstić information content (AvgIpc) is 2.40. The van der Waals surface area contributed by atoms with Gasteiger partial charge in [-0.05, 0) is 41.8 Å². The SMILES string of the molecule is NC(Cc1ccc(Cl)cc1)c1ccc(OC(F)(F)F)cc1. The minimum Gasteiger partial charge on any atom is -0.406 e. The molecule has 2 aromatic carbocycles. The van der Waals surface area contributed by atoms with Crippen molar-refractivity contribution in [1.82, 2.24) is 0 Å². The van der Waals surface area contributed by atoms with Crippen LogP contribution in [0.2, 0.25) is 5.02 Å². The molecule has 112 valence electrons. The first-order chi connectivity index (χ1) is 9.83. The van der Waals surface area contributed by atoms with Crippen molar-refractivity contribution in [1.29, 1.82) is 0 Å². The first kappa shape index (κ1) is 15.7. The zero-order valence-electron chi connectivity index (χ0n) is 10.9. The van der Waals surface area contributed by atoms with Crippen LogP contribution < -0.4 is 10.5 Å². The van der Waals surface area contributed by atoms with Gasteiger partial charge in [-0.2, -0.15) is 0 Å². The van der Waals surface area contributed by atoms with E-state index < -0.39 is 6.36 Å². The molecule has 0 aliphatic heterocycles. The van der Waals surface area contributed by atoms with Crippen LogP contribution >= 0.6 is 11.6 Å². The van der Waals surface area contributed by atoms with E-state index in [1.54, 1.807) is 12.1 Å². The van der Waals surface area contributed by atoms with Gasteiger partial charge in [-0.1, -0.05) is 35.9 Å². The maximum atomic E-state index is 12.1. The molecule has 0 aliphatic carbocycles. The first-order valence-electron chi connectivity index (χ1n) is 6.19. The van der Waals surface area contributed by atoms with E-state index in [1.165, 1.54) is 24.3 Å². The molecule has 0 radical (unpaired) electrons. The number of hydrogen-bond acceptors (Lipinski definition) is 2. The van der Waals surface area contributed by atoms with Crippen molar-refractivity contribution >= 4 is 11.6 Å². The summed E-state index contributed by atoms with van der Waals surface area (Å²) in [6.07, 6.45) is -4.12. The van der Waals surface area contributed by atoms with Gasteiger partial charge in [-0.15, -0.1) is 13.2 Å². The summed E-state index contributed by atoms with van der Waals surface area (Å²) >= 11 is 5.80. The number of benzene rings is 2. The Hall–Kier alpha value is -1.72. The summed E-state index contributed by atoms with van der Waals surface area (Å²) in [5.74, 6) is -0.259. The second kappa shape index (κ2) is 6.37. The third kappa shape index (κ3) is 4.95. The van der Waals surface area contributed by atoms with Gasteiger partial charge < -0.3 is 10.5 Å². The van der Waals surface area contributed by atoms with Crippen molar-refractivity contribution in [2.24, 2.45) is 5.73 Å². The number of alkyl halides is 3. The molecule has 21 heavy (non-hydrogen) atoms. The minimum absolute atomic E-state index is 0.259. The summed E-state index contributed by atoms with van der Waals surface area (Å²) in [5, 5.41) is 0.640. The van der Waals surface area contributed by atoms with Crippen molar-refractivity contribution < 1.29 is 17.9 Å². The van der Waals surface area contributed by atoms with E-state index in [2.05, 4.69) is 4.74 Å². The van der Waals surface area contributed by atoms with Gasteiger partial charge in [0.05, 0.1) is 0 Å². The molecule has 2 nitrogen and oxygen atoms in total. The van der Waals surface area contributed by atoms with E-state index in [1.807, 2.05) is 12.1 Å². The number of hydrogen-bond donors (Lipinski definition) is 1. The van der Waals surface area contributed by atoms with Gasteiger partial charge in [-0.25, -0.2) is 0 Å². The lowest BCUT2D eigenvalue weighted by Crippen LogP contribution is -2.17. The number of rotatable bonds is 4. The van der Waals surface area contributed by atoms with Crippen molar-refractivity contribution in [3.63, 3.8) is 0 Å². The first-order valence-corrected chi connectivity index (χ1v) is 6.57. The van der Waals surface area contributed by atoms with Crippen LogP contribution in [-0.2, 0) is 6.42 Å². The largest absolute Gasteiger partial charge is 0.573 e. The Morgan fingerprint density at radius 2 is 1.57 bits per heavy atom. The number of halogens is 4. The van der Waals surface area contributed by atoms with Gasteiger partial charge in [0.15, 0.2) is 0 Å². The van der Waals surface area contributed by atoms with Crippen LogP contribution in [0.5, 0.6) is 5.75 Å². The van der Waals surface area contributed by atoms with Crippen LogP contribution in [0.15, 0.2) is 48.5 Å². The Bertz CT molecular complexity index is 581. The molecule has 6 heteroatoms. The zero-order valence-corrected chi connectivity index (χ0v) is 11.7. The van der Waals surface area contributed by atoms with Crippen molar-refractivity contribution in [3.05, 3.63) is 64.7 Å². The lowest BCUT2D eigenvalue weighted by molar-refractivity contribution is -0.274. The number of nitrogens with two attached hydrogens (primary N) is 1. The lowest BCUT2D eigenvalue weighted by Gasteiger charge is -2.14. The zero-order chi connectivity index (χ0) is 15.5. The molecule has 1 atom stereocenters. The van der Waals surface area contributed by atoms with Crippen LogP contribution in [0, 0.1) is 0 Å². The Balaban J connectivity index is 2.02. The molecule has 1 unspecified atom stereocenters. The van der Waals surface area contributed by atoms with E-state index in [0.717, 1.165) is 11.1 Å². The highest BCUT2D eigenvalue weighted by Gasteiger charge is 2.31. The molecule has 0 aromatic heterocycles. The van der Waals surface area contributed by atoms with E-state index in [9.17, 15) is 13.2 Å². The summed E-state index contributed by atoms with van der Waals surface area (Å²) in [6, 6.07) is 12.5. The number of ether oxygens (including phenoxy) is 1. The highest BCUT2D eigenvalue weighted by molar-refractivity contribution is 6.30. The molecule has 2 aromatic rings. The fourth-order valence-corrected chi connectivity index (χ4v) is 2.03. The average molecular weight is 316 g/mol. The molecular formula is C15H13ClF3NO. The van der Waals surface area contributed by atoms with E-state index in [0.29, 0.717) is 11.4 Å². The Kier molecular flexibility index (Phi) is 4.75. The molecule has 0 heterocycles. The third-order valence-electron chi connectivity index (χ3n) is 2.91. The highest BCUT2D eigenvalue weighted by atomic mass is 35.5. The van der Waals surface area contributed by atoms with Gasteiger partial charge in [0.1, 0.15) is 5.75 Å². The highest BCUT2D eigenvalue weighted by Crippen LogP contribution is 2.25. The fourth-order valence-electron chi connectivity index (χ4n) is 1.91. The summed E-state index contributed by atoms with van der Waals surface area (Å²) in [6.45, 7) is 0. The molecule has 0 saturated carbocycles. The predicted molar refractivity (Wildman–Crippen MR) is 75.2 cm³/mol. The van der Waals surface area contributed by atoms with Crippen LogP contribution in [0.4, 0.5) is 13.2 Å². The van der Waals surface area contributed by atoms with Gasteiger partial charge in [0.2, 0.25) is 0 Å². The molecule has 0 fully saturated rings. The molecule has 2 N–H and O–H groups in total. The Morgan fingerprint density at radius 3 is 2.10 bits per heavy atom. The van der Waals surface area contributed by atoms with Gasteiger partial charge in [0.25, 0.3) is 0 Å². The maximum Gasteiger partial charge on any atom is 0.573 e. The van der Waals surface area contributed by atoms with Crippen molar-refractivity contribution in [2.45, 2.75) is 18.8 Å². The van der Waals surface area contributed by atoms with E-state index in [-0.39, 0.29) is 11.8 Å². The van der Waals surface area contributed by atoms with E-state index >= 15 is 0 Å². The van der Waals surface area contributed by atoms with Crippen LogP contribution in [-0.4, -0.2) is 6.36 Å².